The fourth-order valence-corrected chi connectivity index (χ4v) is 4.51. The van der Waals surface area contributed by atoms with Crippen LogP contribution in [0.25, 0.3) is 0 Å². The summed E-state index contributed by atoms with van der Waals surface area (Å²) in [6.45, 7) is 1.38. The van der Waals surface area contributed by atoms with Crippen LogP contribution in [0.1, 0.15) is 51.4 Å². The molecule has 0 unspecified atom stereocenters. The molecule has 3 N–H and O–H groups in total. The van der Waals surface area contributed by atoms with Gasteiger partial charge in [0, 0.05) is 13.1 Å². The van der Waals surface area contributed by atoms with Crippen LogP contribution < -0.4 is 11.1 Å². The highest BCUT2D eigenvalue weighted by Gasteiger charge is 2.37. The lowest BCUT2D eigenvalue weighted by molar-refractivity contribution is -0.131. The number of thioether (sulfide) groups is 1. The Bertz CT molecular complexity index is 282. The summed E-state index contributed by atoms with van der Waals surface area (Å²) in [6.07, 6.45) is 9.30. The Morgan fingerprint density at radius 3 is 2.37 bits per heavy atom. The lowest BCUT2D eigenvalue weighted by Gasteiger charge is -2.31. The van der Waals surface area contributed by atoms with E-state index in [1.807, 2.05) is 11.8 Å². The van der Waals surface area contributed by atoms with Crippen molar-refractivity contribution in [3.8, 4) is 0 Å². The summed E-state index contributed by atoms with van der Waals surface area (Å²) >= 11 is 2.03. The van der Waals surface area contributed by atoms with E-state index < -0.39 is 0 Å². The van der Waals surface area contributed by atoms with E-state index in [9.17, 15) is 4.79 Å². The fourth-order valence-electron chi connectivity index (χ4n) is 3.30. The van der Waals surface area contributed by atoms with Crippen LogP contribution in [-0.2, 0) is 4.79 Å². The molecule has 19 heavy (non-hydrogen) atoms. The summed E-state index contributed by atoms with van der Waals surface area (Å²) in [5.41, 5.74) is 5.69. The van der Waals surface area contributed by atoms with Gasteiger partial charge in [0.05, 0.1) is 5.41 Å². The largest absolute Gasteiger partial charge is 0.355 e. The Hall–Kier alpha value is -0.220. The summed E-state index contributed by atoms with van der Waals surface area (Å²) < 4.78 is 0. The topological polar surface area (TPSA) is 55.1 Å². The van der Waals surface area contributed by atoms with Crippen LogP contribution in [-0.4, -0.2) is 30.5 Å². The highest BCUT2D eigenvalue weighted by molar-refractivity contribution is 7.99. The molecule has 0 aromatic rings. The van der Waals surface area contributed by atoms with E-state index >= 15 is 0 Å². The molecule has 0 aromatic heterocycles. The van der Waals surface area contributed by atoms with Gasteiger partial charge >= 0.3 is 0 Å². The Morgan fingerprint density at radius 2 is 1.79 bits per heavy atom. The Morgan fingerprint density at radius 1 is 1.16 bits per heavy atom. The molecule has 1 heterocycles. The third-order valence-corrected chi connectivity index (χ3v) is 5.87. The normalized spacial score (nSPS) is 24.7. The molecule has 0 spiro atoms. The van der Waals surface area contributed by atoms with Crippen molar-refractivity contribution in [1.82, 2.24) is 5.32 Å². The maximum atomic E-state index is 12.6. The predicted molar refractivity (Wildman–Crippen MR) is 82.2 cm³/mol. The van der Waals surface area contributed by atoms with E-state index in [1.165, 1.54) is 37.2 Å². The van der Waals surface area contributed by atoms with Gasteiger partial charge in [0.25, 0.3) is 0 Å². The van der Waals surface area contributed by atoms with Gasteiger partial charge in [-0.1, -0.05) is 25.7 Å². The molecule has 4 heteroatoms. The minimum absolute atomic E-state index is 0.232. The average Bonchev–Trinajstić information content (AvgIpc) is 2.72. The molecular weight excluding hydrogens is 256 g/mol. The zero-order chi connectivity index (χ0) is 13.6. The Balaban J connectivity index is 1.84. The zero-order valence-electron chi connectivity index (χ0n) is 12.0. The van der Waals surface area contributed by atoms with Gasteiger partial charge in [0.15, 0.2) is 0 Å². The van der Waals surface area contributed by atoms with Gasteiger partial charge in [-0.15, -0.1) is 0 Å². The Labute approximate surface area is 121 Å². The van der Waals surface area contributed by atoms with Gasteiger partial charge < -0.3 is 11.1 Å². The van der Waals surface area contributed by atoms with Gasteiger partial charge in [0.1, 0.15) is 0 Å². The maximum Gasteiger partial charge on any atom is 0.227 e. The monoisotopic (exact) mass is 284 g/mol. The third kappa shape index (κ3) is 4.12. The predicted octanol–water partition coefficient (Wildman–Crippen LogP) is 2.55. The van der Waals surface area contributed by atoms with Crippen LogP contribution in [0.15, 0.2) is 0 Å². The first-order chi connectivity index (χ1) is 9.27. The molecule has 1 aliphatic heterocycles. The van der Waals surface area contributed by atoms with Crippen molar-refractivity contribution in [2.45, 2.75) is 51.4 Å². The van der Waals surface area contributed by atoms with Crippen molar-refractivity contribution in [2.24, 2.45) is 17.1 Å². The van der Waals surface area contributed by atoms with E-state index in [1.54, 1.807) is 0 Å². The third-order valence-electron chi connectivity index (χ3n) is 4.83. The lowest BCUT2D eigenvalue weighted by Crippen LogP contribution is -2.47. The van der Waals surface area contributed by atoms with E-state index in [0.29, 0.717) is 12.5 Å². The number of nitrogens with one attached hydrogen (secondary N) is 1. The van der Waals surface area contributed by atoms with Crippen molar-refractivity contribution in [1.29, 1.82) is 0 Å². The van der Waals surface area contributed by atoms with Crippen LogP contribution in [0.4, 0.5) is 0 Å². The molecule has 0 atom stereocenters. The summed E-state index contributed by atoms with van der Waals surface area (Å²) in [7, 11) is 0. The number of amides is 1. The molecule has 1 saturated carbocycles. The molecule has 2 aliphatic rings. The van der Waals surface area contributed by atoms with Crippen LogP contribution in [0.3, 0.4) is 0 Å². The SMILES string of the molecule is NCC1(C(=O)NCC2CCSCC2)CCCCCC1. The molecular formula is C15H28N2OS. The second-order valence-corrected chi connectivity index (χ2v) is 7.39. The summed E-state index contributed by atoms with van der Waals surface area (Å²) in [4.78, 5) is 12.6. The van der Waals surface area contributed by atoms with Gasteiger partial charge in [-0.25, -0.2) is 0 Å². The number of hydrogen-bond acceptors (Lipinski definition) is 3. The number of carbonyl (C=O) groups is 1. The number of hydrogen-bond donors (Lipinski definition) is 2. The van der Waals surface area contributed by atoms with Gasteiger partial charge in [0.2, 0.25) is 5.91 Å². The number of rotatable bonds is 4. The van der Waals surface area contributed by atoms with Gasteiger partial charge in [-0.3, -0.25) is 4.79 Å². The molecule has 3 nitrogen and oxygen atoms in total. The molecule has 0 aromatic carbocycles. The van der Waals surface area contributed by atoms with Crippen molar-refractivity contribution in [2.75, 3.05) is 24.6 Å². The first kappa shape index (κ1) is 15.2. The standard InChI is InChI=1S/C15H28N2OS/c16-12-15(7-3-1-2-4-8-15)14(18)17-11-13-5-9-19-10-6-13/h13H,1-12,16H2,(H,17,18). The number of nitrogens with two attached hydrogens (primary N) is 1. The highest BCUT2D eigenvalue weighted by Crippen LogP contribution is 2.34. The van der Waals surface area contributed by atoms with Crippen molar-refractivity contribution in [3.63, 3.8) is 0 Å². The molecule has 1 aliphatic carbocycles. The van der Waals surface area contributed by atoms with Gasteiger partial charge in [-0.2, -0.15) is 11.8 Å². The average molecular weight is 284 g/mol. The second kappa shape index (κ2) is 7.53. The highest BCUT2D eigenvalue weighted by atomic mass is 32.2. The molecule has 0 bridgehead atoms. The van der Waals surface area contributed by atoms with E-state index in [-0.39, 0.29) is 11.3 Å². The van der Waals surface area contributed by atoms with Crippen molar-refractivity contribution >= 4 is 17.7 Å². The molecule has 1 amide bonds. The second-order valence-electron chi connectivity index (χ2n) is 6.16. The smallest absolute Gasteiger partial charge is 0.227 e. The van der Waals surface area contributed by atoms with Crippen LogP contribution >= 0.6 is 11.8 Å². The molecule has 110 valence electrons. The Kier molecular flexibility index (Phi) is 6.02. The van der Waals surface area contributed by atoms with Crippen LogP contribution in [0.2, 0.25) is 0 Å². The minimum atomic E-state index is -0.264. The first-order valence-electron chi connectivity index (χ1n) is 7.83. The van der Waals surface area contributed by atoms with Crippen LogP contribution in [0.5, 0.6) is 0 Å². The first-order valence-corrected chi connectivity index (χ1v) is 8.98. The molecule has 2 rings (SSSR count). The lowest BCUT2D eigenvalue weighted by atomic mass is 9.79. The summed E-state index contributed by atoms with van der Waals surface area (Å²) in [6, 6.07) is 0. The molecule has 0 radical (unpaired) electrons. The van der Waals surface area contributed by atoms with Gasteiger partial charge in [-0.05, 0) is 43.1 Å². The van der Waals surface area contributed by atoms with Crippen molar-refractivity contribution < 1.29 is 4.79 Å². The maximum absolute atomic E-state index is 12.6. The van der Waals surface area contributed by atoms with E-state index in [0.717, 1.165) is 32.2 Å². The molecule has 1 saturated heterocycles. The van der Waals surface area contributed by atoms with Crippen molar-refractivity contribution in [3.05, 3.63) is 0 Å². The quantitative estimate of drug-likeness (QED) is 0.780. The van der Waals surface area contributed by atoms with Crippen LogP contribution in [0, 0.1) is 11.3 Å². The fraction of sp³-hybridized carbons (Fsp3) is 0.933. The zero-order valence-corrected chi connectivity index (χ0v) is 12.8. The number of carbonyl (C=O) groups excluding carboxylic acids is 1. The molecule has 2 fully saturated rings. The van der Waals surface area contributed by atoms with E-state index in [4.69, 9.17) is 5.73 Å². The summed E-state index contributed by atoms with van der Waals surface area (Å²) in [5.74, 6) is 3.42. The minimum Gasteiger partial charge on any atom is -0.355 e. The van der Waals surface area contributed by atoms with E-state index in [2.05, 4.69) is 5.32 Å². The summed E-state index contributed by atoms with van der Waals surface area (Å²) in [5, 5.41) is 3.21.